The molecule has 0 aromatic heterocycles. The van der Waals surface area contributed by atoms with Crippen LogP contribution in [-0.2, 0) is 32.7 Å². The minimum Gasteiger partial charge on any atom is -0.462 e. The maximum atomic E-state index is 12.8. The molecule has 0 amide bonds. The zero-order chi connectivity index (χ0) is 71.5. The molecule has 0 fully saturated rings. The number of esters is 2. The lowest BCUT2D eigenvalue weighted by atomic mass is 10.0. The highest BCUT2D eigenvalue weighted by atomic mass is 31.2. The summed E-state index contributed by atoms with van der Waals surface area (Å²) in [6.45, 7) is 3.46. The van der Waals surface area contributed by atoms with Crippen LogP contribution in [0, 0.1) is 0 Å². The fourth-order valence-electron chi connectivity index (χ4n) is 9.89. The van der Waals surface area contributed by atoms with Gasteiger partial charge in [-0.15, -0.1) is 0 Å². The molecule has 0 rings (SSSR count). The predicted molar refractivity (Wildman–Crippen MR) is 431 cm³/mol. The normalized spacial score (nSPS) is 14.2. The van der Waals surface area contributed by atoms with Crippen molar-refractivity contribution in [3.05, 3.63) is 231 Å². The number of allylic oxidation sites excluding steroid dienone is 38. The molecule has 2 unspecified atom stereocenters. The summed E-state index contributed by atoms with van der Waals surface area (Å²) in [5.74, 6) is -0.877. The van der Waals surface area contributed by atoms with E-state index in [4.69, 9.17) is 24.3 Å². The molecule has 0 saturated carbocycles. The number of rotatable bonds is 70. The Kier molecular flexibility index (Phi) is 76.2. The average Bonchev–Trinajstić information content (AvgIpc) is 1.64. The van der Waals surface area contributed by atoms with E-state index in [2.05, 4.69) is 245 Å². The standard InChI is InChI=1S/C89H140NO8P/c1-3-5-7-9-11-13-15-17-19-21-23-25-27-29-31-33-35-37-39-41-42-43-44-46-47-49-51-53-55-57-59-61-63-65-67-69-71-73-75-77-79-81-88(91)95-85-87(86-97-99(93,94)96-84-83-90)98-89(92)82-80-78-76-74-72-70-68-66-64-62-60-58-56-54-52-50-48-45-40-38-36-34-32-30-28-26-24-22-20-18-16-14-12-10-8-6-4-2/h5-8,11-14,17-20,23-26,29-32,35-38,41-42,44-46,48,52,54,58,60,64,66,70,72,87H,3-4,9-10,15-16,21-22,27-28,33-34,39-40,43,47,49-51,53,55-57,59,61-63,65,67-69,71,73-86,90H2,1-2H3,(H,93,94)/b7-5-,8-6-,13-11-,14-12-,19-17-,20-18-,25-23-,26-24-,31-29-,32-30-,37-35-,38-36-,42-41-,46-44-,48-45-,54-52-,60-58-,66-64-,72-70-. The van der Waals surface area contributed by atoms with Gasteiger partial charge in [-0.25, -0.2) is 4.57 Å². The molecule has 0 bridgehead atoms. The van der Waals surface area contributed by atoms with Gasteiger partial charge in [0.1, 0.15) is 6.61 Å². The van der Waals surface area contributed by atoms with Crippen molar-refractivity contribution in [3.63, 3.8) is 0 Å². The average molecular weight is 1380 g/mol. The Morgan fingerprint density at radius 2 is 0.525 bits per heavy atom. The second-order valence-electron chi connectivity index (χ2n) is 24.8. The molecule has 554 valence electrons. The first-order valence-corrected chi connectivity index (χ1v) is 40.4. The number of unbranched alkanes of at least 4 members (excludes halogenated alkanes) is 19. The summed E-state index contributed by atoms with van der Waals surface area (Å²) in [4.78, 5) is 35.4. The van der Waals surface area contributed by atoms with Crippen LogP contribution in [0.5, 0.6) is 0 Å². The third-order valence-electron chi connectivity index (χ3n) is 15.5. The first-order chi connectivity index (χ1) is 48.8. The van der Waals surface area contributed by atoms with E-state index in [0.717, 1.165) is 167 Å². The van der Waals surface area contributed by atoms with E-state index in [1.807, 2.05) is 0 Å². The van der Waals surface area contributed by atoms with Crippen molar-refractivity contribution in [2.75, 3.05) is 26.4 Å². The van der Waals surface area contributed by atoms with Gasteiger partial charge in [-0.2, -0.15) is 0 Å². The number of phosphoric acid groups is 1. The van der Waals surface area contributed by atoms with Crippen molar-refractivity contribution in [1.29, 1.82) is 0 Å². The first kappa shape index (κ1) is 93.1. The first-order valence-electron chi connectivity index (χ1n) is 38.9. The van der Waals surface area contributed by atoms with Gasteiger partial charge in [-0.3, -0.25) is 18.6 Å². The molecule has 0 aliphatic carbocycles. The van der Waals surface area contributed by atoms with Crippen LogP contribution in [0.2, 0.25) is 0 Å². The quantitative estimate of drug-likeness (QED) is 0.0264. The van der Waals surface area contributed by atoms with Crippen molar-refractivity contribution in [1.82, 2.24) is 0 Å². The molecule has 0 aromatic rings. The zero-order valence-corrected chi connectivity index (χ0v) is 63.3. The van der Waals surface area contributed by atoms with Crippen molar-refractivity contribution in [2.24, 2.45) is 5.73 Å². The minimum atomic E-state index is -4.42. The summed E-state index contributed by atoms with van der Waals surface area (Å²) in [6.07, 6.45) is 127. The van der Waals surface area contributed by atoms with Gasteiger partial charge in [-0.1, -0.05) is 341 Å². The molecule has 9 nitrogen and oxygen atoms in total. The zero-order valence-electron chi connectivity index (χ0n) is 62.4. The van der Waals surface area contributed by atoms with Crippen LogP contribution in [-0.4, -0.2) is 49.3 Å². The van der Waals surface area contributed by atoms with Crippen LogP contribution in [0.25, 0.3) is 0 Å². The fraction of sp³-hybridized carbons (Fsp3) is 0.551. The van der Waals surface area contributed by atoms with Crippen LogP contribution in [0.3, 0.4) is 0 Å². The second kappa shape index (κ2) is 81.0. The number of ether oxygens (including phenoxy) is 2. The molecule has 3 N–H and O–H groups in total. The number of phosphoric ester groups is 1. The van der Waals surface area contributed by atoms with E-state index in [0.29, 0.717) is 6.42 Å². The topological polar surface area (TPSA) is 134 Å². The van der Waals surface area contributed by atoms with Gasteiger partial charge in [0, 0.05) is 19.4 Å². The van der Waals surface area contributed by atoms with E-state index in [1.54, 1.807) is 0 Å². The summed E-state index contributed by atoms with van der Waals surface area (Å²) >= 11 is 0. The Balaban J connectivity index is 3.98. The number of carbonyl (C=O) groups is 2. The molecule has 0 spiro atoms. The number of hydrogen-bond acceptors (Lipinski definition) is 8. The summed E-state index contributed by atoms with van der Waals surface area (Å²) in [7, 11) is -4.42. The van der Waals surface area contributed by atoms with Gasteiger partial charge in [0.2, 0.25) is 0 Å². The molecule has 99 heavy (non-hydrogen) atoms. The van der Waals surface area contributed by atoms with Crippen molar-refractivity contribution < 1.29 is 37.6 Å². The Labute approximate surface area is 606 Å². The molecular formula is C89H140NO8P. The van der Waals surface area contributed by atoms with Gasteiger partial charge in [0.15, 0.2) is 6.10 Å². The molecule has 0 heterocycles. The van der Waals surface area contributed by atoms with E-state index in [9.17, 15) is 19.0 Å². The SMILES string of the molecule is CC/C=C\C/C=C\C/C=C\C/C=C\C/C=C\C/C=C\C/C=C\C/C=C\C/C=C\C/C=C\C/C=C\CCCCCC(=O)OC(COC(=O)CCCCCCCCCCCCCCCCCC/C=C\C/C=C\C/C=C\C/C=C\C/C=C\C/C=C\C/C=C\C/C=C\CC)COP(=O)(O)OCCN. The highest BCUT2D eigenvalue weighted by molar-refractivity contribution is 7.47. The van der Waals surface area contributed by atoms with Crippen LogP contribution >= 0.6 is 7.82 Å². The van der Waals surface area contributed by atoms with E-state index < -0.39 is 32.5 Å². The smallest absolute Gasteiger partial charge is 0.462 e. The summed E-state index contributed by atoms with van der Waals surface area (Å²) < 4.78 is 33.2. The number of carbonyl (C=O) groups excluding carboxylic acids is 2. The third kappa shape index (κ3) is 80.9. The van der Waals surface area contributed by atoms with E-state index >= 15 is 0 Å². The highest BCUT2D eigenvalue weighted by Crippen LogP contribution is 2.43. The molecule has 2 atom stereocenters. The minimum absolute atomic E-state index is 0.0369. The lowest BCUT2D eigenvalue weighted by Gasteiger charge is -2.19. The highest BCUT2D eigenvalue weighted by Gasteiger charge is 2.26. The Morgan fingerprint density at radius 3 is 0.788 bits per heavy atom. The van der Waals surface area contributed by atoms with Crippen molar-refractivity contribution >= 4 is 19.8 Å². The predicted octanol–water partition coefficient (Wildman–Crippen LogP) is 26.5. The molecule has 0 aliphatic heterocycles. The largest absolute Gasteiger partial charge is 0.472 e. The van der Waals surface area contributed by atoms with Crippen molar-refractivity contribution in [3.8, 4) is 0 Å². The number of nitrogens with two attached hydrogens (primary N) is 1. The Hall–Kier alpha value is -5.93. The van der Waals surface area contributed by atoms with Gasteiger partial charge in [-0.05, 0) is 161 Å². The second-order valence-corrected chi connectivity index (χ2v) is 26.2. The lowest BCUT2D eigenvalue weighted by molar-refractivity contribution is -0.161. The van der Waals surface area contributed by atoms with Crippen molar-refractivity contribution in [2.45, 2.75) is 290 Å². The van der Waals surface area contributed by atoms with Crippen LogP contribution in [0.4, 0.5) is 0 Å². The monoisotopic (exact) mass is 1380 g/mol. The molecule has 0 aromatic carbocycles. The van der Waals surface area contributed by atoms with Crippen LogP contribution in [0.1, 0.15) is 284 Å². The van der Waals surface area contributed by atoms with Gasteiger partial charge < -0.3 is 20.1 Å². The summed E-state index contributed by atoms with van der Waals surface area (Å²) in [5.41, 5.74) is 5.41. The van der Waals surface area contributed by atoms with Gasteiger partial charge in [0.05, 0.1) is 13.2 Å². The van der Waals surface area contributed by atoms with Crippen LogP contribution < -0.4 is 5.73 Å². The lowest BCUT2D eigenvalue weighted by Crippen LogP contribution is -2.29. The molecule has 0 aliphatic rings. The van der Waals surface area contributed by atoms with Crippen LogP contribution in [0.15, 0.2) is 231 Å². The van der Waals surface area contributed by atoms with E-state index in [1.165, 1.54) is 83.5 Å². The molecule has 0 radical (unpaired) electrons. The number of hydrogen-bond donors (Lipinski definition) is 2. The third-order valence-corrected chi connectivity index (χ3v) is 16.5. The molecule has 0 saturated heterocycles. The van der Waals surface area contributed by atoms with Gasteiger partial charge in [0.25, 0.3) is 0 Å². The van der Waals surface area contributed by atoms with E-state index in [-0.39, 0.29) is 32.6 Å². The summed E-state index contributed by atoms with van der Waals surface area (Å²) in [5, 5.41) is 0. The summed E-state index contributed by atoms with van der Waals surface area (Å²) in [6, 6.07) is 0. The fourth-order valence-corrected chi connectivity index (χ4v) is 10.7. The Morgan fingerprint density at radius 1 is 0.303 bits per heavy atom. The maximum absolute atomic E-state index is 12.8. The Bertz CT molecular complexity index is 2490. The molecule has 10 heteroatoms. The maximum Gasteiger partial charge on any atom is 0.472 e. The molecular weight excluding hydrogens is 1240 g/mol. The van der Waals surface area contributed by atoms with Gasteiger partial charge >= 0.3 is 19.8 Å².